The van der Waals surface area contributed by atoms with E-state index in [0.29, 0.717) is 12.6 Å². The molecule has 0 amide bonds. The molecule has 3 aromatic rings. The normalized spacial score (nSPS) is 15.4. The monoisotopic (exact) mass is 422 g/mol. The number of aromatic nitrogens is 2. The van der Waals surface area contributed by atoms with Gasteiger partial charge in [-0.15, -0.1) is 9.39 Å². The third kappa shape index (κ3) is 4.38. The van der Waals surface area contributed by atoms with Crippen molar-refractivity contribution in [3.63, 3.8) is 0 Å². The van der Waals surface area contributed by atoms with E-state index in [1.807, 2.05) is 12.3 Å². The lowest BCUT2D eigenvalue weighted by Gasteiger charge is -2.22. The molecule has 0 radical (unpaired) electrons. The van der Waals surface area contributed by atoms with Gasteiger partial charge in [0, 0.05) is 40.6 Å². The van der Waals surface area contributed by atoms with Crippen LogP contribution in [0, 0.1) is 0 Å². The minimum absolute atomic E-state index is 0.518. The number of hydrogen-bond donors (Lipinski definition) is 4. The highest BCUT2D eigenvalue weighted by atomic mass is 32.2. The van der Waals surface area contributed by atoms with E-state index in [0.717, 1.165) is 27.9 Å². The van der Waals surface area contributed by atoms with Crippen molar-refractivity contribution in [3.05, 3.63) is 60.7 Å². The lowest BCUT2D eigenvalue weighted by atomic mass is 10.0. The predicted octanol–water partition coefficient (Wildman–Crippen LogP) is 3.81. The summed E-state index contributed by atoms with van der Waals surface area (Å²) in [5, 5.41) is 2.60. The average molecular weight is 423 g/mol. The van der Waals surface area contributed by atoms with E-state index in [9.17, 15) is 0 Å². The maximum atomic E-state index is 5.91. The van der Waals surface area contributed by atoms with Gasteiger partial charge in [0.2, 0.25) is 0 Å². The number of pyridine rings is 1. The first-order valence-electron chi connectivity index (χ1n) is 10.2. The van der Waals surface area contributed by atoms with Crippen LogP contribution in [0.2, 0.25) is 0 Å². The molecule has 6 N–H and O–H groups in total. The molecule has 0 atom stereocenters. The Morgan fingerprint density at radius 3 is 2.63 bits per heavy atom. The summed E-state index contributed by atoms with van der Waals surface area (Å²) >= 11 is 0. The first-order valence-corrected chi connectivity index (χ1v) is 12.2. The first kappa shape index (κ1) is 20.5. The van der Waals surface area contributed by atoms with Gasteiger partial charge in [-0.25, -0.2) is 10.8 Å². The smallest absolute Gasteiger partial charge is 0.138 e. The maximum Gasteiger partial charge on any atom is 0.138 e. The highest BCUT2D eigenvalue weighted by molar-refractivity contribution is 8.26. The lowest BCUT2D eigenvalue weighted by molar-refractivity contribution is 0.382. The summed E-state index contributed by atoms with van der Waals surface area (Å²) in [6.07, 6.45) is 9.92. The Morgan fingerprint density at radius 2 is 1.93 bits per heavy atom. The van der Waals surface area contributed by atoms with Crippen LogP contribution < -0.4 is 16.3 Å². The number of H-pyrrole nitrogens is 1. The number of benzene rings is 1. The molecule has 0 spiro atoms. The first-order chi connectivity index (χ1) is 14.5. The third-order valence-corrected chi connectivity index (χ3v) is 7.54. The van der Waals surface area contributed by atoms with E-state index in [-0.39, 0.29) is 0 Å². The van der Waals surface area contributed by atoms with Crippen molar-refractivity contribution in [3.8, 4) is 11.1 Å². The van der Waals surface area contributed by atoms with Crippen LogP contribution in [0.5, 0.6) is 0 Å². The predicted molar refractivity (Wildman–Crippen MR) is 130 cm³/mol. The number of hydrazine groups is 1. The van der Waals surface area contributed by atoms with Crippen LogP contribution in [-0.2, 0) is 6.54 Å². The SMILES string of the molecule is C=S(=C)(NC1CCCC1)c1ccc(-c2ccnc3[nH]c(CN(N)/C=C\N)cc23)cc1. The standard InChI is InChI=1S/C23H30N6S/c1-30(2,28-18-5-3-4-6-18)20-9-7-17(8-10-20)21-11-13-26-23-22(21)15-19(27-23)16-29(25)14-12-24/h7-15,18,28H,1-6,16,24-25H2,(H,26,27)/b14-12-. The van der Waals surface area contributed by atoms with Gasteiger partial charge in [-0.05, 0) is 48.2 Å². The minimum atomic E-state index is -1.50. The van der Waals surface area contributed by atoms with Gasteiger partial charge in [-0.3, -0.25) is 4.72 Å². The molecule has 2 aromatic heterocycles. The maximum absolute atomic E-state index is 5.91. The van der Waals surface area contributed by atoms with Crippen LogP contribution >= 0.6 is 9.39 Å². The molecule has 4 rings (SSSR count). The molecule has 1 aliphatic carbocycles. The van der Waals surface area contributed by atoms with E-state index in [1.54, 1.807) is 6.20 Å². The summed E-state index contributed by atoms with van der Waals surface area (Å²) in [5.41, 5.74) is 9.49. The third-order valence-electron chi connectivity index (χ3n) is 5.58. The molecule has 1 aromatic carbocycles. The van der Waals surface area contributed by atoms with Gasteiger partial charge >= 0.3 is 0 Å². The zero-order chi connectivity index (χ0) is 21.1. The fourth-order valence-corrected chi connectivity index (χ4v) is 5.77. The molecule has 30 heavy (non-hydrogen) atoms. The molecule has 0 saturated heterocycles. The van der Waals surface area contributed by atoms with Gasteiger partial charge in [0.15, 0.2) is 0 Å². The summed E-state index contributed by atoms with van der Waals surface area (Å²) in [5.74, 6) is 14.7. The molecule has 1 aliphatic rings. The fourth-order valence-electron chi connectivity index (χ4n) is 4.10. The Labute approximate surface area is 178 Å². The highest BCUT2D eigenvalue weighted by Gasteiger charge is 2.17. The topological polar surface area (TPSA) is 96.0 Å². The number of nitrogens with two attached hydrogens (primary N) is 2. The summed E-state index contributed by atoms with van der Waals surface area (Å²) in [4.78, 5) is 8.98. The van der Waals surface area contributed by atoms with Crippen LogP contribution in [0.1, 0.15) is 31.4 Å². The van der Waals surface area contributed by atoms with Crippen molar-refractivity contribution in [1.82, 2.24) is 19.7 Å². The summed E-state index contributed by atoms with van der Waals surface area (Å²) in [6.45, 7) is 0.518. The molecular formula is C23H30N6S. The van der Waals surface area contributed by atoms with Crippen LogP contribution in [-0.4, -0.2) is 32.8 Å². The van der Waals surface area contributed by atoms with Gasteiger partial charge in [0.1, 0.15) is 5.65 Å². The Morgan fingerprint density at radius 1 is 1.20 bits per heavy atom. The van der Waals surface area contributed by atoms with Crippen LogP contribution in [0.15, 0.2) is 59.9 Å². The number of rotatable bonds is 7. The Bertz CT molecular complexity index is 1140. The van der Waals surface area contributed by atoms with Gasteiger partial charge in [0.25, 0.3) is 0 Å². The minimum Gasteiger partial charge on any atom is -0.403 e. The van der Waals surface area contributed by atoms with Gasteiger partial charge in [-0.1, -0.05) is 36.7 Å². The highest BCUT2D eigenvalue weighted by Crippen LogP contribution is 2.34. The van der Waals surface area contributed by atoms with Crippen molar-refractivity contribution in [2.45, 2.75) is 43.2 Å². The van der Waals surface area contributed by atoms with Crippen molar-refractivity contribution in [1.29, 1.82) is 0 Å². The second-order valence-electron chi connectivity index (χ2n) is 7.94. The molecule has 0 aliphatic heterocycles. The molecule has 2 heterocycles. The number of aromatic amines is 1. The van der Waals surface area contributed by atoms with E-state index in [1.165, 1.54) is 41.8 Å². The molecule has 6 nitrogen and oxygen atoms in total. The van der Waals surface area contributed by atoms with Gasteiger partial charge in [0.05, 0.1) is 6.54 Å². The Balaban J connectivity index is 1.60. The zero-order valence-electron chi connectivity index (χ0n) is 17.2. The Hall–Kier alpha value is -2.74. The van der Waals surface area contributed by atoms with Crippen LogP contribution in [0.25, 0.3) is 22.2 Å². The number of hydrogen-bond acceptors (Lipinski definition) is 5. The number of nitrogens with zero attached hydrogens (tertiary/aromatic N) is 2. The van der Waals surface area contributed by atoms with Crippen LogP contribution in [0.3, 0.4) is 0 Å². The molecule has 158 valence electrons. The summed E-state index contributed by atoms with van der Waals surface area (Å²) < 4.78 is 3.71. The Kier molecular flexibility index (Phi) is 5.85. The van der Waals surface area contributed by atoms with E-state index < -0.39 is 9.39 Å². The van der Waals surface area contributed by atoms with Crippen molar-refractivity contribution < 1.29 is 0 Å². The second-order valence-corrected chi connectivity index (χ2v) is 10.4. The van der Waals surface area contributed by atoms with E-state index in [4.69, 9.17) is 11.6 Å². The number of fused-ring (bicyclic) bond motifs is 1. The van der Waals surface area contributed by atoms with Crippen molar-refractivity contribution in [2.75, 3.05) is 0 Å². The molecule has 7 heteroatoms. The summed E-state index contributed by atoms with van der Waals surface area (Å²) in [6, 6.07) is 13.3. The van der Waals surface area contributed by atoms with Crippen LogP contribution in [0.4, 0.5) is 0 Å². The number of nitrogens with one attached hydrogen (secondary N) is 2. The summed E-state index contributed by atoms with van der Waals surface area (Å²) in [7, 11) is -1.50. The molecule has 1 fully saturated rings. The lowest BCUT2D eigenvalue weighted by Crippen LogP contribution is -2.24. The van der Waals surface area contributed by atoms with E-state index >= 15 is 0 Å². The quantitative estimate of drug-likeness (QED) is 0.264. The van der Waals surface area contributed by atoms with E-state index in [2.05, 4.69) is 56.8 Å². The average Bonchev–Trinajstić information content (AvgIpc) is 3.36. The van der Waals surface area contributed by atoms with Crippen molar-refractivity contribution in [2.24, 2.45) is 11.6 Å². The largest absolute Gasteiger partial charge is 0.403 e. The fraction of sp³-hybridized carbons (Fsp3) is 0.261. The second kappa shape index (κ2) is 8.55. The van der Waals surface area contributed by atoms with Gasteiger partial charge in [-0.2, -0.15) is 0 Å². The molecule has 0 bridgehead atoms. The zero-order valence-corrected chi connectivity index (χ0v) is 18.0. The molecular weight excluding hydrogens is 392 g/mol. The van der Waals surface area contributed by atoms with Gasteiger partial charge < -0.3 is 15.7 Å². The molecule has 1 saturated carbocycles. The molecule has 0 unspecified atom stereocenters. The van der Waals surface area contributed by atoms with Crippen molar-refractivity contribution >= 4 is 32.2 Å².